The lowest BCUT2D eigenvalue weighted by Gasteiger charge is -2.12. The Bertz CT molecular complexity index is 686. The highest BCUT2D eigenvalue weighted by molar-refractivity contribution is 9.11. The predicted molar refractivity (Wildman–Crippen MR) is 85.8 cm³/mol. The van der Waals surface area contributed by atoms with E-state index in [2.05, 4.69) is 31.0 Å². The summed E-state index contributed by atoms with van der Waals surface area (Å²) in [6.07, 6.45) is 2.48. The second-order valence-corrected chi connectivity index (χ2v) is 8.06. The van der Waals surface area contributed by atoms with Gasteiger partial charge in [-0.25, -0.2) is 13.4 Å². The molecule has 0 bridgehead atoms. The first-order valence-electron chi connectivity index (χ1n) is 6.00. The van der Waals surface area contributed by atoms with Crippen molar-refractivity contribution in [2.45, 2.75) is 18.2 Å². The van der Waals surface area contributed by atoms with Crippen LogP contribution in [0, 0.1) is 0 Å². The Kier molecular flexibility index (Phi) is 5.00. The fraction of sp³-hybridized carbons (Fsp3) is 0.250. The van der Waals surface area contributed by atoms with E-state index in [0.29, 0.717) is 10.8 Å². The molecule has 108 valence electrons. The van der Waals surface area contributed by atoms with Crippen LogP contribution in [0.2, 0.25) is 0 Å². The minimum absolute atomic E-state index is 0.222. The first-order chi connectivity index (χ1) is 9.53. The number of aromatic nitrogens is 1. The van der Waals surface area contributed by atoms with Crippen molar-refractivity contribution in [3.05, 3.63) is 34.2 Å². The molecular weight excluding hydrogens is 362 g/mol. The molecular formula is C12H14BrN3O2S2. The smallest absolute Gasteiger partial charge is 0.265 e. The van der Waals surface area contributed by atoms with Gasteiger partial charge in [-0.1, -0.05) is 30.4 Å². The summed E-state index contributed by atoms with van der Waals surface area (Å²) in [5.41, 5.74) is 0.595. The van der Waals surface area contributed by atoms with Gasteiger partial charge in [0.25, 0.3) is 10.0 Å². The van der Waals surface area contributed by atoms with E-state index < -0.39 is 10.0 Å². The lowest BCUT2D eigenvalue weighted by atomic mass is 10.3. The van der Waals surface area contributed by atoms with Crippen molar-refractivity contribution < 1.29 is 8.42 Å². The zero-order chi connectivity index (χ0) is 14.6. The molecule has 0 saturated heterocycles. The number of sulfonamides is 1. The number of anilines is 2. The molecule has 5 nitrogen and oxygen atoms in total. The Balaban J connectivity index is 2.29. The summed E-state index contributed by atoms with van der Waals surface area (Å²) >= 11 is 4.48. The van der Waals surface area contributed by atoms with E-state index in [9.17, 15) is 8.42 Å². The molecule has 0 fully saturated rings. The van der Waals surface area contributed by atoms with Gasteiger partial charge in [0.15, 0.2) is 5.13 Å². The number of nitrogens with one attached hydrogen (secondary N) is 2. The Morgan fingerprint density at radius 3 is 2.75 bits per heavy atom. The minimum Gasteiger partial charge on any atom is -0.384 e. The SMILES string of the molecule is CCCNc1ccccc1S(=O)(=O)Nc1ncc(Br)s1. The first kappa shape index (κ1) is 15.3. The van der Waals surface area contributed by atoms with Crippen molar-refractivity contribution in [3.8, 4) is 0 Å². The minimum atomic E-state index is -3.65. The third kappa shape index (κ3) is 3.71. The third-order valence-corrected chi connectivity index (χ3v) is 5.36. The molecule has 20 heavy (non-hydrogen) atoms. The van der Waals surface area contributed by atoms with E-state index >= 15 is 0 Å². The lowest BCUT2D eigenvalue weighted by Crippen LogP contribution is -2.15. The average Bonchev–Trinajstić information content (AvgIpc) is 2.81. The van der Waals surface area contributed by atoms with Crippen LogP contribution in [0.15, 0.2) is 39.1 Å². The summed E-state index contributed by atoms with van der Waals surface area (Å²) in [6, 6.07) is 6.82. The monoisotopic (exact) mass is 375 g/mol. The number of rotatable bonds is 6. The van der Waals surface area contributed by atoms with Crippen molar-refractivity contribution in [3.63, 3.8) is 0 Å². The number of thiazole rings is 1. The molecule has 0 radical (unpaired) electrons. The Labute approximate surface area is 130 Å². The van der Waals surface area contributed by atoms with Gasteiger partial charge in [0, 0.05) is 6.54 Å². The van der Waals surface area contributed by atoms with Gasteiger partial charge < -0.3 is 5.32 Å². The van der Waals surface area contributed by atoms with Crippen LogP contribution in [-0.4, -0.2) is 19.9 Å². The highest BCUT2D eigenvalue weighted by atomic mass is 79.9. The number of hydrogen-bond donors (Lipinski definition) is 2. The molecule has 0 unspecified atom stereocenters. The quantitative estimate of drug-likeness (QED) is 0.809. The average molecular weight is 376 g/mol. The molecule has 2 aromatic rings. The highest BCUT2D eigenvalue weighted by Crippen LogP contribution is 2.27. The Morgan fingerprint density at radius 1 is 1.35 bits per heavy atom. The summed E-state index contributed by atoms with van der Waals surface area (Å²) in [6.45, 7) is 2.74. The van der Waals surface area contributed by atoms with Gasteiger partial charge in [-0.2, -0.15) is 0 Å². The van der Waals surface area contributed by atoms with Gasteiger partial charge in [0.05, 0.1) is 15.7 Å². The zero-order valence-electron chi connectivity index (χ0n) is 10.8. The van der Waals surface area contributed by atoms with E-state index in [4.69, 9.17) is 0 Å². The van der Waals surface area contributed by atoms with E-state index in [0.717, 1.165) is 16.8 Å². The normalized spacial score (nSPS) is 11.3. The number of halogens is 1. The van der Waals surface area contributed by atoms with Crippen LogP contribution in [0.25, 0.3) is 0 Å². The number of para-hydroxylation sites is 1. The topological polar surface area (TPSA) is 71.1 Å². The number of hydrogen-bond acceptors (Lipinski definition) is 5. The number of benzene rings is 1. The fourth-order valence-electron chi connectivity index (χ4n) is 1.58. The largest absolute Gasteiger partial charge is 0.384 e. The van der Waals surface area contributed by atoms with E-state index in [-0.39, 0.29) is 4.90 Å². The van der Waals surface area contributed by atoms with E-state index in [1.165, 1.54) is 11.3 Å². The molecule has 0 spiro atoms. The van der Waals surface area contributed by atoms with Gasteiger partial charge in [0.1, 0.15) is 4.90 Å². The van der Waals surface area contributed by atoms with E-state index in [1.54, 1.807) is 30.5 Å². The summed E-state index contributed by atoms with van der Waals surface area (Å²) < 4.78 is 28.0. The van der Waals surface area contributed by atoms with Gasteiger partial charge >= 0.3 is 0 Å². The molecule has 2 rings (SSSR count). The molecule has 0 atom stereocenters. The standard InChI is InChI=1S/C12H14BrN3O2S2/c1-2-7-14-9-5-3-4-6-10(9)20(17,18)16-12-15-8-11(13)19-12/h3-6,8,14H,2,7H2,1H3,(H,15,16). The highest BCUT2D eigenvalue weighted by Gasteiger charge is 2.19. The molecule has 2 N–H and O–H groups in total. The van der Waals surface area contributed by atoms with Crippen LogP contribution < -0.4 is 10.0 Å². The maximum absolute atomic E-state index is 12.4. The first-order valence-corrected chi connectivity index (χ1v) is 9.09. The van der Waals surface area contributed by atoms with Crippen molar-refractivity contribution in [2.75, 3.05) is 16.6 Å². The van der Waals surface area contributed by atoms with Crippen LogP contribution in [0.3, 0.4) is 0 Å². The summed E-state index contributed by atoms with van der Waals surface area (Å²) in [5, 5.41) is 3.45. The second-order valence-electron chi connectivity index (χ2n) is 4.00. The summed E-state index contributed by atoms with van der Waals surface area (Å²) in [7, 11) is -3.65. The molecule has 0 aliphatic heterocycles. The van der Waals surface area contributed by atoms with Crippen LogP contribution in [-0.2, 0) is 10.0 Å². The molecule has 0 aliphatic rings. The molecule has 8 heteroatoms. The predicted octanol–water partition coefficient (Wildman–Crippen LogP) is 3.53. The van der Waals surface area contributed by atoms with E-state index in [1.807, 2.05) is 6.92 Å². The maximum atomic E-state index is 12.4. The van der Waals surface area contributed by atoms with Crippen LogP contribution >= 0.6 is 27.3 Å². The number of nitrogens with zero attached hydrogens (tertiary/aromatic N) is 1. The molecule has 0 saturated carbocycles. The molecule has 0 aliphatic carbocycles. The summed E-state index contributed by atoms with van der Waals surface area (Å²) in [5.74, 6) is 0. The summed E-state index contributed by atoms with van der Waals surface area (Å²) in [4.78, 5) is 4.20. The lowest BCUT2D eigenvalue weighted by molar-refractivity contribution is 0.601. The molecule has 1 aromatic carbocycles. The van der Waals surface area contributed by atoms with Gasteiger partial charge in [0.2, 0.25) is 0 Å². The molecule has 1 aromatic heterocycles. The van der Waals surface area contributed by atoms with Gasteiger partial charge in [-0.3, -0.25) is 4.72 Å². The Hall–Kier alpha value is -1.12. The van der Waals surface area contributed by atoms with Crippen LogP contribution in [0.5, 0.6) is 0 Å². The van der Waals surface area contributed by atoms with Gasteiger partial charge in [-0.15, -0.1) is 0 Å². The zero-order valence-corrected chi connectivity index (χ0v) is 14.0. The third-order valence-electron chi connectivity index (χ3n) is 2.44. The fourth-order valence-corrected chi connectivity index (χ4v) is 4.11. The van der Waals surface area contributed by atoms with Crippen molar-refractivity contribution in [1.82, 2.24) is 4.98 Å². The van der Waals surface area contributed by atoms with Gasteiger partial charge in [-0.05, 0) is 34.5 Å². The maximum Gasteiger partial charge on any atom is 0.265 e. The van der Waals surface area contributed by atoms with Crippen LogP contribution in [0.4, 0.5) is 10.8 Å². The van der Waals surface area contributed by atoms with Crippen LogP contribution in [0.1, 0.15) is 13.3 Å². The van der Waals surface area contributed by atoms with Crippen molar-refractivity contribution >= 4 is 48.1 Å². The molecule has 0 amide bonds. The van der Waals surface area contributed by atoms with Crippen molar-refractivity contribution in [1.29, 1.82) is 0 Å². The Morgan fingerprint density at radius 2 is 2.10 bits per heavy atom. The second kappa shape index (κ2) is 6.55. The van der Waals surface area contributed by atoms with Crippen molar-refractivity contribution in [2.24, 2.45) is 0 Å². The molecule has 1 heterocycles.